The van der Waals surface area contributed by atoms with Crippen LogP contribution in [0.2, 0.25) is 0 Å². The van der Waals surface area contributed by atoms with Crippen LogP contribution < -0.4 is 0 Å². The lowest BCUT2D eigenvalue weighted by atomic mass is 9.81. The third kappa shape index (κ3) is 4.26. The minimum atomic E-state index is -1.02. The summed E-state index contributed by atoms with van der Waals surface area (Å²) >= 11 is 0. The van der Waals surface area contributed by atoms with Gasteiger partial charge in [0.1, 0.15) is 6.04 Å². The molecule has 6 heteroatoms. The Kier molecular flexibility index (Phi) is 5.92. The Hall–Kier alpha value is -2.50. The van der Waals surface area contributed by atoms with E-state index in [9.17, 15) is 19.2 Å². The van der Waals surface area contributed by atoms with E-state index in [-0.39, 0.29) is 34.8 Å². The third-order valence-corrected chi connectivity index (χ3v) is 6.02. The molecule has 0 spiro atoms. The molecule has 0 bridgehead atoms. The van der Waals surface area contributed by atoms with Crippen molar-refractivity contribution in [3.8, 4) is 0 Å². The van der Waals surface area contributed by atoms with Gasteiger partial charge in [0, 0.05) is 5.56 Å². The number of rotatable bonds is 5. The lowest BCUT2D eigenvalue weighted by Gasteiger charge is -2.21. The van der Waals surface area contributed by atoms with Gasteiger partial charge >= 0.3 is 5.97 Å². The SMILES string of the molecule is C[C@@H](C(=O)OCC(=O)c1ccc(C(C)(C)C)cc1)N1C(=O)C2CCCCC2C1=O. The van der Waals surface area contributed by atoms with Crippen molar-refractivity contribution in [3.05, 3.63) is 35.4 Å². The Balaban J connectivity index is 1.59. The second kappa shape index (κ2) is 8.09. The van der Waals surface area contributed by atoms with Crippen molar-refractivity contribution >= 4 is 23.6 Å². The van der Waals surface area contributed by atoms with Crippen LogP contribution >= 0.6 is 0 Å². The van der Waals surface area contributed by atoms with Gasteiger partial charge in [0.2, 0.25) is 11.8 Å². The van der Waals surface area contributed by atoms with E-state index in [1.54, 1.807) is 12.1 Å². The number of imide groups is 1. The van der Waals surface area contributed by atoms with E-state index in [4.69, 9.17) is 4.74 Å². The lowest BCUT2D eigenvalue weighted by molar-refractivity contribution is -0.157. The zero-order valence-electron chi connectivity index (χ0n) is 17.6. The monoisotopic (exact) mass is 399 g/mol. The molecule has 2 fully saturated rings. The highest BCUT2D eigenvalue weighted by Gasteiger charge is 2.51. The van der Waals surface area contributed by atoms with Gasteiger partial charge in [-0.15, -0.1) is 0 Å². The fourth-order valence-corrected chi connectivity index (χ4v) is 4.17. The van der Waals surface area contributed by atoms with Crippen LogP contribution in [-0.4, -0.2) is 41.1 Å². The van der Waals surface area contributed by atoms with Crippen molar-refractivity contribution in [3.63, 3.8) is 0 Å². The standard InChI is InChI=1S/C23H29NO5/c1-14(24-20(26)17-7-5-6-8-18(17)21(24)27)22(28)29-13-19(25)15-9-11-16(12-10-15)23(2,3)4/h9-12,14,17-18H,5-8,13H2,1-4H3/t14-,17?,18?/m0/s1. The molecule has 2 amide bonds. The van der Waals surface area contributed by atoms with Gasteiger partial charge in [0.05, 0.1) is 11.8 Å². The van der Waals surface area contributed by atoms with Crippen LogP contribution in [-0.2, 0) is 24.5 Å². The number of benzene rings is 1. The van der Waals surface area contributed by atoms with Gasteiger partial charge in [0.15, 0.2) is 12.4 Å². The summed E-state index contributed by atoms with van der Waals surface area (Å²) in [6, 6.07) is 6.20. The average Bonchev–Trinajstić information content (AvgIpc) is 2.95. The van der Waals surface area contributed by atoms with Crippen LogP contribution in [0, 0.1) is 11.8 Å². The van der Waals surface area contributed by atoms with Gasteiger partial charge in [-0.05, 0) is 30.7 Å². The first kappa shape index (κ1) is 21.2. The number of nitrogens with zero attached hydrogens (tertiary/aromatic N) is 1. The van der Waals surface area contributed by atoms with Crippen molar-refractivity contribution in [2.75, 3.05) is 6.61 Å². The highest BCUT2D eigenvalue weighted by molar-refractivity contribution is 6.08. The van der Waals surface area contributed by atoms with Crippen LogP contribution in [0.1, 0.15) is 69.3 Å². The Morgan fingerprint density at radius 2 is 1.55 bits per heavy atom. The quantitative estimate of drug-likeness (QED) is 0.431. The van der Waals surface area contributed by atoms with Crippen molar-refractivity contribution in [2.45, 2.75) is 64.8 Å². The minimum Gasteiger partial charge on any atom is -0.456 e. The molecule has 1 saturated heterocycles. The van der Waals surface area contributed by atoms with Gasteiger partial charge in [-0.3, -0.25) is 19.3 Å². The molecule has 0 radical (unpaired) electrons. The number of Topliss-reactive ketones (excluding diaryl/α,β-unsaturated/α-hetero) is 1. The second-order valence-corrected chi connectivity index (χ2v) is 9.08. The first-order valence-electron chi connectivity index (χ1n) is 10.3. The van der Waals surface area contributed by atoms with Crippen molar-refractivity contribution in [1.82, 2.24) is 4.90 Å². The van der Waals surface area contributed by atoms with Crippen molar-refractivity contribution < 1.29 is 23.9 Å². The summed E-state index contributed by atoms with van der Waals surface area (Å²) in [5.74, 6) is -2.24. The van der Waals surface area contributed by atoms with Crippen LogP contribution in [0.3, 0.4) is 0 Å². The number of carbonyl (C=O) groups is 4. The Bertz CT molecular complexity index is 797. The maximum atomic E-state index is 12.6. The second-order valence-electron chi connectivity index (χ2n) is 9.08. The largest absolute Gasteiger partial charge is 0.456 e. The molecule has 0 aromatic heterocycles. The van der Waals surface area contributed by atoms with E-state index >= 15 is 0 Å². The predicted molar refractivity (Wildman–Crippen MR) is 107 cm³/mol. The Labute approximate surface area is 171 Å². The minimum absolute atomic E-state index is 0.0184. The van der Waals surface area contributed by atoms with Gasteiger partial charge in [-0.25, -0.2) is 4.79 Å². The topological polar surface area (TPSA) is 80.8 Å². The first-order valence-corrected chi connectivity index (χ1v) is 10.3. The summed E-state index contributed by atoms with van der Waals surface area (Å²) in [5.41, 5.74) is 1.54. The number of amides is 2. The summed E-state index contributed by atoms with van der Waals surface area (Å²) in [5, 5.41) is 0. The number of ether oxygens (including phenoxy) is 1. The Morgan fingerprint density at radius 3 is 2.03 bits per heavy atom. The molecule has 156 valence electrons. The normalized spacial score (nSPS) is 23.0. The molecule has 0 N–H and O–H groups in total. The molecule has 6 nitrogen and oxygen atoms in total. The lowest BCUT2D eigenvalue weighted by Crippen LogP contribution is -2.44. The van der Waals surface area contributed by atoms with E-state index in [1.165, 1.54) is 6.92 Å². The molecule has 3 atom stereocenters. The number of hydrogen-bond donors (Lipinski definition) is 0. The highest BCUT2D eigenvalue weighted by atomic mass is 16.5. The summed E-state index contributed by atoms with van der Waals surface area (Å²) in [4.78, 5) is 51.0. The smallest absolute Gasteiger partial charge is 0.329 e. The zero-order chi connectivity index (χ0) is 21.3. The molecule has 2 aliphatic rings. The fourth-order valence-electron chi connectivity index (χ4n) is 4.17. The molecule has 1 aromatic carbocycles. The van der Waals surface area contributed by atoms with E-state index in [0.29, 0.717) is 18.4 Å². The summed E-state index contributed by atoms with van der Waals surface area (Å²) in [6.45, 7) is 7.33. The van der Waals surface area contributed by atoms with E-state index < -0.39 is 18.6 Å². The molecule has 1 aliphatic heterocycles. The third-order valence-electron chi connectivity index (χ3n) is 6.02. The number of carbonyl (C=O) groups excluding carboxylic acids is 4. The maximum absolute atomic E-state index is 12.6. The number of hydrogen-bond acceptors (Lipinski definition) is 5. The number of ketones is 1. The van der Waals surface area contributed by atoms with Crippen LogP contribution in [0.15, 0.2) is 24.3 Å². The van der Waals surface area contributed by atoms with Crippen LogP contribution in [0.25, 0.3) is 0 Å². The molecule has 3 rings (SSSR count). The summed E-state index contributed by atoms with van der Waals surface area (Å²) in [6.07, 6.45) is 3.23. The van der Waals surface area contributed by atoms with Gasteiger partial charge in [-0.2, -0.15) is 0 Å². The molecule has 1 heterocycles. The van der Waals surface area contributed by atoms with E-state index in [1.807, 2.05) is 12.1 Å². The average molecular weight is 399 g/mol. The Morgan fingerprint density at radius 1 is 1.03 bits per heavy atom. The first-order chi connectivity index (χ1) is 13.6. The fraction of sp³-hybridized carbons (Fsp3) is 0.565. The number of esters is 1. The molecule has 1 saturated carbocycles. The number of likely N-dealkylation sites (tertiary alicyclic amines) is 1. The molecular weight excluding hydrogens is 370 g/mol. The predicted octanol–water partition coefficient (Wildman–Crippen LogP) is 3.27. The van der Waals surface area contributed by atoms with Crippen molar-refractivity contribution in [2.24, 2.45) is 11.8 Å². The zero-order valence-corrected chi connectivity index (χ0v) is 17.6. The van der Waals surface area contributed by atoms with Crippen LogP contribution in [0.4, 0.5) is 0 Å². The number of fused-ring (bicyclic) bond motifs is 1. The summed E-state index contributed by atoms with van der Waals surface area (Å²) in [7, 11) is 0. The molecule has 1 aromatic rings. The maximum Gasteiger partial charge on any atom is 0.329 e. The molecular formula is C23H29NO5. The molecule has 29 heavy (non-hydrogen) atoms. The summed E-state index contributed by atoms with van der Waals surface area (Å²) < 4.78 is 5.15. The van der Waals surface area contributed by atoms with Gasteiger partial charge < -0.3 is 4.74 Å². The van der Waals surface area contributed by atoms with Gasteiger partial charge in [-0.1, -0.05) is 57.9 Å². The van der Waals surface area contributed by atoms with E-state index in [2.05, 4.69) is 20.8 Å². The highest BCUT2D eigenvalue weighted by Crippen LogP contribution is 2.38. The van der Waals surface area contributed by atoms with Crippen LogP contribution in [0.5, 0.6) is 0 Å². The van der Waals surface area contributed by atoms with Crippen molar-refractivity contribution in [1.29, 1.82) is 0 Å². The van der Waals surface area contributed by atoms with Gasteiger partial charge in [0.25, 0.3) is 0 Å². The molecule has 1 aliphatic carbocycles. The molecule has 2 unspecified atom stereocenters. The van der Waals surface area contributed by atoms with E-state index in [0.717, 1.165) is 23.3 Å².